The van der Waals surface area contributed by atoms with Gasteiger partial charge >= 0.3 is 0 Å². The number of aliphatic hydroxyl groups excluding tert-OH is 1. The molecule has 0 radical (unpaired) electrons. The molecule has 1 aliphatic heterocycles. The van der Waals surface area contributed by atoms with Gasteiger partial charge in [-0.05, 0) is 6.42 Å². The predicted molar refractivity (Wildman–Crippen MR) is 78.1 cm³/mol. The molecule has 8 heteroatoms. The summed E-state index contributed by atoms with van der Waals surface area (Å²) >= 11 is 1.15. The number of thiophene rings is 1. The van der Waals surface area contributed by atoms with E-state index in [0.29, 0.717) is 29.4 Å². The van der Waals surface area contributed by atoms with Crippen molar-refractivity contribution in [3.8, 4) is 0 Å². The number of hydrogen-bond donors (Lipinski definition) is 3. The Morgan fingerprint density at radius 2 is 2.10 bits per heavy atom. The number of β-amino-alcohol motifs (C(OH)–C–C–N with tert-alkyl or cyclic N) is 1. The predicted octanol–water partition coefficient (Wildman–Crippen LogP) is -0.298. The maximum Gasteiger partial charge on any atom is 0.265 e. The maximum atomic E-state index is 12.1. The summed E-state index contributed by atoms with van der Waals surface area (Å²) in [4.78, 5) is 27.2. The first-order valence-electron chi connectivity index (χ1n) is 6.19. The van der Waals surface area contributed by atoms with Gasteiger partial charge < -0.3 is 26.4 Å². The third-order valence-corrected chi connectivity index (χ3v) is 4.48. The molecular weight excluding hydrogens is 280 g/mol. The number of primary amides is 1. The molecule has 1 aliphatic rings. The zero-order valence-corrected chi connectivity index (χ0v) is 12.2. The first-order valence-corrected chi connectivity index (χ1v) is 7.01. The van der Waals surface area contributed by atoms with Crippen LogP contribution >= 0.6 is 11.3 Å². The van der Waals surface area contributed by atoms with Gasteiger partial charge in [0.15, 0.2) is 0 Å². The molecule has 2 rings (SSSR count). The molecule has 7 nitrogen and oxygen atoms in total. The van der Waals surface area contributed by atoms with Crippen molar-refractivity contribution in [2.45, 2.75) is 12.5 Å². The van der Waals surface area contributed by atoms with Gasteiger partial charge in [0.25, 0.3) is 11.8 Å². The Labute approximate surface area is 120 Å². The van der Waals surface area contributed by atoms with Crippen LogP contribution in [0.1, 0.15) is 26.5 Å². The monoisotopic (exact) mass is 298 g/mol. The maximum absolute atomic E-state index is 12.1. The molecule has 110 valence electrons. The molecule has 0 bridgehead atoms. The summed E-state index contributed by atoms with van der Waals surface area (Å²) in [5, 5.41) is 10.2. The number of anilines is 2. The Hall–Kier alpha value is -1.80. The fourth-order valence-corrected chi connectivity index (χ4v) is 3.46. The summed E-state index contributed by atoms with van der Waals surface area (Å²) in [6, 6.07) is 0. The fraction of sp³-hybridized carbons (Fsp3) is 0.500. The Kier molecular flexibility index (Phi) is 3.87. The molecule has 0 aliphatic carbocycles. The third-order valence-electron chi connectivity index (χ3n) is 3.22. The average Bonchev–Trinajstić information content (AvgIpc) is 2.91. The van der Waals surface area contributed by atoms with Gasteiger partial charge in [0.05, 0.1) is 17.4 Å². The number of carbonyl (C=O) groups is 2. The van der Waals surface area contributed by atoms with Crippen LogP contribution in [0.25, 0.3) is 0 Å². The summed E-state index contributed by atoms with van der Waals surface area (Å²) in [6.07, 6.45) is 0.180. The van der Waals surface area contributed by atoms with E-state index in [0.717, 1.165) is 11.3 Å². The van der Waals surface area contributed by atoms with Crippen LogP contribution in [0, 0.1) is 0 Å². The third kappa shape index (κ3) is 2.44. The topological polar surface area (TPSA) is 113 Å². The Morgan fingerprint density at radius 1 is 1.45 bits per heavy atom. The second kappa shape index (κ2) is 5.29. The molecule has 2 heterocycles. The molecule has 1 aromatic rings. The van der Waals surface area contributed by atoms with Crippen LogP contribution in [0.4, 0.5) is 10.7 Å². The van der Waals surface area contributed by atoms with Crippen molar-refractivity contribution in [2.24, 2.45) is 5.73 Å². The Bertz CT molecular complexity index is 555. The first kappa shape index (κ1) is 14.6. The smallest absolute Gasteiger partial charge is 0.265 e. The highest BCUT2D eigenvalue weighted by molar-refractivity contribution is 7.19. The van der Waals surface area contributed by atoms with E-state index in [9.17, 15) is 14.7 Å². The lowest BCUT2D eigenvalue weighted by atomic mass is 10.2. The largest absolute Gasteiger partial charge is 0.397 e. The summed E-state index contributed by atoms with van der Waals surface area (Å²) in [5.74, 6) is -0.922. The van der Waals surface area contributed by atoms with E-state index in [2.05, 4.69) is 0 Å². The molecule has 1 atom stereocenters. The number of nitrogen functional groups attached to an aromatic ring is 1. The van der Waals surface area contributed by atoms with Crippen LogP contribution in [-0.2, 0) is 0 Å². The van der Waals surface area contributed by atoms with Gasteiger partial charge in [-0.15, -0.1) is 11.3 Å². The van der Waals surface area contributed by atoms with E-state index in [1.54, 1.807) is 14.1 Å². The van der Waals surface area contributed by atoms with Gasteiger partial charge in [0, 0.05) is 27.2 Å². The lowest BCUT2D eigenvalue weighted by Gasteiger charge is -2.16. The van der Waals surface area contributed by atoms with E-state index in [4.69, 9.17) is 11.5 Å². The molecule has 0 aromatic carbocycles. The second-order valence-electron chi connectivity index (χ2n) is 4.98. The minimum atomic E-state index is -0.659. The minimum absolute atomic E-state index is 0.123. The van der Waals surface area contributed by atoms with Crippen molar-refractivity contribution in [1.82, 2.24) is 4.90 Å². The number of nitrogens with two attached hydrogens (primary N) is 2. The SMILES string of the molecule is CN(C)C(=O)c1sc(N2CCC(O)C2)c(C(N)=O)c1N. The Morgan fingerprint density at radius 3 is 2.55 bits per heavy atom. The molecule has 1 unspecified atom stereocenters. The molecule has 20 heavy (non-hydrogen) atoms. The van der Waals surface area contributed by atoms with Gasteiger partial charge in [-0.1, -0.05) is 0 Å². The van der Waals surface area contributed by atoms with E-state index in [1.807, 2.05) is 4.90 Å². The van der Waals surface area contributed by atoms with E-state index in [-0.39, 0.29) is 17.2 Å². The minimum Gasteiger partial charge on any atom is -0.397 e. The van der Waals surface area contributed by atoms with Crippen LogP contribution in [-0.4, -0.2) is 55.1 Å². The quantitative estimate of drug-likeness (QED) is 0.709. The van der Waals surface area contributed by atoms with E-state index in [1.165, 1.54) is 4.90 Å². The van der Waals surface area contributed by atoms with Gasteiger partial charge in [-0.25, -0.2) is 0 Å². The molecule has 1 aromatic heterocycles. The number of carbonyl (C=O) groups excluding carboxylic acids is 2. The number of aliphatic hydroxyl groups is 1. The van der Waals surface area contributed by atoms with Crippen LogP contribution in [0.3, 0.4) is 0 Å². The molecule has 2 amide bonds. The molecule has 0 spiro atoms. The van der Waals surface area contributed by atoms with Crippen molar-refractivity contribution in [1.29, 1.82) is 0 Å². The van der Waals surface area contributed by atoms with Gasteiger partial charge in [0.1, 0.15) is 9.88 Å². The normalized spacial score (nSPS) is 18.4. The number of nitrogens with zero attached hydrogens (tertiary/aromatic N) is 2. The van der Waals surface area contributed by atoms with Gasteiger partial charge in [-0.2, -0.15) is 0 Å². The van der Waals surface area contributed by atoms with Crippen LogP contribution in [0.2, 0.25) is 0 Å². The fourth-order valence-electron chi connectivity index (χ4n) is 2.18. The lowest BCUT2D eigenvalue weighted by Crippen LogP contribution is -2.24. The highest BCUT2D eigenvalue weighted by atomic mass is 32.1. The molecule has 1 saturated heterocycles. The van der Waals surface area contributed by atoms with E-state index >= 15 is 0 Å². The van der Waals surface area contributed by atoms with E-state index < -0.39 is 12.0 Å². The van der Waals surface area contributed by atoms with Crippen molar-refractivity contribution in [3.05, 3.63) is 10.4 Å². The highest BCUT2D eigenvalue weighted by Gasteiger charge is 2.31. The number of amides is 2. The highest BCUT2D eigenvalue weighted by Crippen LogP contribution is 2.39. The van der Waals surface area contributed by atoms with Gasteiger partial charge in [-0.3, -0.25) is 9.59 Å². The summed E-state index contributed by atoms with van der Waals surface area (Å²) in [7, 11) is 3.23. The molecule has 1 fully saturated rings. The van der Waals surface area contributed by atoms with Crippen LogP contribution in [0.15, 0.2) is 0 Å². The summed E-state index contributed by atoms with van der Waals surface area (Å²) in [6.45, 7) is 1.02. The zero-order valence-electron chi connectivity index (χ0n) is 11.4. The molecule has 5 N–H and O–H groups in total. The van der Waals surface area contributed by atoms with Crippen LogP contribution < -0.4 is 16.4 Å². The summed E-state index contributed by atoms with van der Waals surface area (Å²) in [5.41, 5.74) is 11.6. The van der Waals surface area contributed by atoms with Crippen molar-refractivity contribution >= 4 is 33.8 Å². The molecule has 0 saturated carbocycles. The van der Waals surface area contributed by atoms with Crippen molar-refractivity contribution < 1.29 is 14.7 Å². The summed E-state index contributed by atoms with van der Waals surface area (Å²) < 4.78 is 0. The first-order chi connectivity index (χ1) is 9.32. The van der Waals surface area contributed by atoms with Crippen LogP contribution in [0.5, 0.6) is 0 Å². The standard InChI is InChI=1S/C12H18N4O3S/c1-15(2)11(19)9-8(13)7(10(14)18)12(20-9)16-4-3-6(17)5-16/h6,17H,3-5,13H2,1-2H3,(H2,14,18). The second-order valence-corrected chi connectivity index (χ2v) is 5.98. The molecular formula is C12H18N4O3S. The average molecular weight is 298 g/mol. The number of rotatable bonds is 3. The Balaban J connectivity index is 2.48. The number of hydrogen-bond acceptors (Lipinski definition) is 6. The van der Waals surface area contributed by atoms with Crippen molar-refractivity contribution in [3.63, 3.8) is 0 Å². The lowest BCUT2D eigenvalue weighted by molar-refractivity contribution is 0.0833. The van der Waals surface area contributed by atoms with Crippen molar-refractivity contribution in [2.75, 3.05) is 37.8 Å². The zero-order chi connectivity index (χ0) is 15.0. The van der Waals surface area contributed by atoms with Gasteiger partial charge in [0.2, 0.25) is 0 Å².